The van der Waals surface area contributed by atoms with E-state index in [2.05, 4.69) is 24.1 Å². The summed E-state index contributed by atoms with van der Waals surface area (Å²) in [6, 6.07) is 0.510. The van der Waals surface area contributed by atoms with Crippen molar-refractivity contribution in [3.05, 3.63) is 18.2 Å². The minimum atomic E-state index is -0.427. The van der Waals surface area contributed by atoms with E-state index >= 15 is 0 Å². The summed E-state index contributed by atoms with van der Waals surface area (Å²) in [6.07, 6.45) is 11.5. The number of carbonyl (C=O) groups excluding carboxylic acids is 2. The van der Waals surface area contributed by atoms with Crippen LogP contribution in [0.1, 0.15) is 75.8 Å². The lowest BCUT2D eigenvalue weighted by atomic mass is 9.69. The molecule has 2 amide bonds. The number of rotatable bonds is 6. The zero-order chi connectivity index (χ0) is 21.9. The van der Waals surface area contributed by atoms with Gasteiger partial charge < -0.3 is 19.9 Å². The highest BCUT2D eigenvalue weighted by Gasteiger charge is 2.61. The van der Waals surface area contributed by atoms with Crippen molar-refractivity contribution in [2.24, 2.45) is 18.4 Å². The molecule has 8 nitrogen and oxygen atoms in total. The van der Waals surface area contributed by atoms with Crippen LogP contribution in [0.4, 0.5) is 0 Å². The maximum atomic E-state index is 13.4. The standard InChI is InChI=1S/C21H32N4O2.CH2O2/c1-14(2)9-10-21(20(27)23-15-5-4-6-15)13-16-7-8-17(21)25(16)19(26)18-22-11-12-24(18)3;2-1-3/h11-12,14-17H,4-10,13H2,1-3H3,(H,23,27);1H,(H,2,3)/t16-,17+,21+;/m1./s1. The average Bonchev–Trinajstić information content (AvgIpc) is 3.36. The molecule has 2 N–H and O–H groups in total. The Kier molecular flexibility index (Phi) is 6.83. The number of nitrogens with one attached hydrogen (secondary N) is 1. The van der Waals surface area contributed by atoms with E-state index in [0.29, 0.717) is 17.8 Å². The molecule has 3 atom stereocenters. The number of aromatic nitrogens is 2. The number of hydrogen-bond donors (Lipinski definition) is 2. The molecule has 2 saturated heterocycles. The van der Waals surface area contributed by atoms with Gasteiger partial charge in [0.1, 0.15) is 0 Å². The van der Waals surface area contributed by atoms with Crippen LogP contribution in [0.2, 0.25) is 0 Å². The molecule has 3 aliphatic rings. The number of amides is 2. The quantitative estimate of drug-likeness (QED) is 0.691. The zero-order valence-corrected chi connectivity index (χ0v) is 18.2. The third-order valence-corrected chi connectivity index (χ3v) is 7.05. The van der Waals surface area contributed by atoms with Crippen molar-refractivity contribution >= 4 is 18.3 Å². The van der Waals surface area contributed by atoms with E-state index in [1.807, 2.05) is 11.9 Å². The van der Waals surface area contributed by atoms with Gasteiger partial charge in [0.05, 0.1) is 5.41 Å². The fraction of sp³-hybridized carbons (Fsp3) is 0.727. The predicted molar refractivity (Wildman–Crippen MR) is 112 cm³/mol. The summed E-state index contributed by atoms with van der Waals surface area (Å²) >= 11 is 0. The van der Waals surface area contributed by atoms with Gasteiger partial charge in [-0.3, -0.25) is 14.4 Å². The maximum Gasteiger partial charge on any atom is 0.290 e. The Bertz CT molecular complexity index is 773. The number of nitrogens with zero attached hydrogens (tertiary/aromatic N) is 3. The van der Waals surface area contributed by atoms with Crippen LogP contribution in [0.25, 0.3) is 0 Å². The molecule has 30 heavy (non-hydrogen) atoms. The maximum absolute atomic E-state index is 13.4. The van der Waals surface area contributed by atoms with Crippen LogP contribution >= 0.6 is 0 Å². The summed E-state index contributed by atoms with van der Waals surface area (Å²) < 4.78 is 1.78. The molecule has 8 heteroatoms. The first-order valence-corrected chi connectivity index (χ1v) is 11.0. The van der Waals surface area contributed by atoms with E-state index in [4.69, 9.17) is 9.90 Å². The van der Waals surface area contributed by atoms with E-state index in [1.54, 1.807) is 17.0 Å². The van der Waals surface area contributed by atoms with Crippen molar-refractivity contribution in [3.8, 4) is 0 Å². The normalized spacial score (nSPS) is 27.4. The van der Waals surface area contributed by atoms with Crippen LogP contribution in [-0.2, 0) is 16.6 Å². The smallest absolute Gasteiger partial charge is 0.290 e. The van der Waals surface area contributed by atoms with Crippen LogP contribution in [0, 0.1) is 11.3 Å². The highest BCUT2D eigenvalue weighted by molar-refractivity contribution is 5.94. The molecule has 1 aliphatic carbocycles. The van der Waals surface area contributed by atoms with Crippen molar-refractivity contribution in [2.45, 2.75) is 83.3 Å². The van der Waals surface area contributed by atoms with Crippen molar-refractivity contribution in [2.75, 3.05) is 0 Å². The van der Waals surface area contributed by atoms with Gasteiger partial charge in [-0.25, -0.2) is 4.98 Å². The van der Waals surface area contributed by atoms with Gasteiger partial charge in [0.25, 0.3) is 12.4 Å². The van der Waals surface area contributed by atoms with Crippen molar-refractivity contribution in [1.82, 2.24) is 19.8 Å². The Balaban J connectivity index is 0.000000806. The summed E-state index contributed by atoms with van der Waals surface area (Å²) in [6.45, 7) is 4.17. The lowest BCUT2D eigenvalue weighted by Gasteiger charge is -2.39. The molecule has 1 aromatic heterocycles. The molecule has 1 aromatic rings. The average molecular weight is 419 g/mol. The fourth-order valence-corrected chi connectivity index (χ4v) is 5.23. The highest BCUT2D eigenvalue weighted by Crippen LogP contribution is 2.53. The molecule has 3 heterocycles. The van der Waals surface area contributed by atoms with E-state index < -0.39 is 5.41 Å². The predicted octanol–water partition coefficient (Wildman–Crippen LogP) is 2.59. The topological polar surface area (TPSA) is 105 Å². The van der Waals surface area contributed by atoms with Crippen LogP contribution < -0.4 is 5.32 Å². The van der Waals surface area contributed by atoms with Gasteiger partial charge in [-0.2, -0.15) is 0 Å². The highest BCUT2D eigenvalue weighted by atomic mass is 16.3. The molecule has 0 radical (unpaired) electrons. The van der Waals surface area contributed by atoms with Gasteiger partial charge in [-0.15, -0.1) is 0 Å². The van der Waals surface area contributed by atoms with Crippen molar-refractivity contribution < 1.29 is 19.5 Å². The number of hydrogen-bond acceptors (Lipinski definition) is 4. The van der Waals surface area contributed by atoms with Gasteiger partial charge >= 0.3 is 0 Å². The SMILES string of the molecule is CC(C)CC[C@]1(C(=O)NC2CCC2)C[C@H]2CC[C@@H]1N2C(=O)c1nccn1C.O=CO. The van der Waals surface area contributed by atoms with Crippen molar-refractivity contribution in [1.29, 1.82) is 0 Å². The molecule has 3 fully saturated rings. The Morgan fingerprint density at radius 3 is 2.57 bits per heavy atom. The summed E-state index contributed by atoms with van der Waals surface area (Å²) in [5.41, 5.74) is -0.427. The van der Waals surface area contributed by atoms with Crippen LogP contribution in [-0.4, -0.2) is 56.0 Å². The molecule has 2 aliphatic heterocycles. The summed E-state index contributed by atoms with van der Waals surface area (Å²) in [5, 5.41) is 10.2. The molecule has 4 rings (SSSR count). The van der Waals surface area contributed by atoms with Gasteiger partial charge in [0.2, 0.25) is 5.91 Å². The number of fused-ring (bicyclic) bond motifs is 2. The molecule has 2 bridgehead atoms. The number of carboxylic acid groups (broad SMARTS) is 1. The minimum absolute atomic E-state index is 0.00512. The summed E-state index contributed by atoms with van der Waals surface area (Å²) in [4.78, 5) is 41.3. The molecular formula is C22H34N4O4. The van der Waals surface area contributed by atoms with Gasteiger partial charge in [0.15, 0.2) is 5.82 Å². The lowest BCUT2D eigenvalue weighted by Crippen LogP contribution is -2.53. The van der Waals surface area contributed by atoms with E-state index in [9.17, 15) is 9.59 Å². The number of imidazole rings is 1. The van der Waals surface area contributed by atoms with Crippen molar-refractivity contribution in [3.63, 3.8) is 0 Å². The van der Waals surface area contributed by atoms with Crippen LogP contribution in [0.5, 0.6) is 0 Å². The number of aryl methyl sites for hydroxylation is 1. The Morgan fingerprint density at radius 2 is 2.03 bits per heavy atom. The molecule has 1 saturated carbocycles. The second-order valence-corrected chi connectivity index (χ2v) is 9.32. The number of carbonyl (C=O) groups is 3. The monoisotopic (exact) mass is 418 g/mol. The molecule has 0 unspecified atom stereocenters. The molecular weight excluding hydrogens is 384 g/mol. The molecule has 0 aromatic carbocycles. The Morgan fingerprint density at radius 1 is 1.33 bits per heavy atom. The summed E-state index contributed by atoms with van der Waals surface area (Å²) in [5.74, 6) is 1.21. The van der Waals surface area contributed by atoms with Gasteiger partial charge in [-0.1, -0.05) is 13.8 Å². The minimum Gasteiger partial charge on any atom is -0.483 e. The van der Waals surface area contributed by atoms with Crippen LogP contribution in [0.15, 0.2) is 12.4 Å². The second kappa shape index (κ2) is 9.18. The van der Waals surface area contributed by atoms with E-state index in [-0.39, 0.29) is 30.4 Å². The third-order valence-electron chi connectivity index (χ3n) is 7.05. The van der Waals surface area contributed by atoms with Gasteiger partial charge in [0, 0.05) is 37.6 Å². The largest absolute Gasteiger partial charge is 0.483 e. The second-order valence-electron chi connectivity index (χ2n) is 9.32. The van der Waals surface area contributed by atoms with E-state index in [1.165, 1.54) is 6.42 Å². The first kappa shape index (κ1) is 22.3. The van der Waals surface area contributed by atoms with Crippen LogP contribution in [0.3, 0.4) is 0 Å². The lowest BCUT2D eigenvalue weighted by molar-refractivity contribution is -0.134. The van der Waals surface area contributed by atoms with Gasteiger partial charge in [-0.05, 0) is 57.3 Å². The Labute approximate surface area is 178 Å². The fourth-order valence-electron chi connectivity index (χ4n) is 5.23. The Hall–Kier alpha value is -2.38. The molecule has 0 spiro atoms. The third kappa shape index (κ3) is 4.09. The first-order chi connectivity index (χ1) is 14.3. The zero-order valence-electron chi connectivity index (χ0n) is 18.2. The van der Waals surface area contributed by atoms with E-state index in [0.717, 1.165) is 44.9 Å². The molecule has 166 valence electrons. The summed E-state index contributed by atoms with van der Waals surface area (Å²) in [7, 11) is 1.85. The first-order valence-electron chi connectivity index (χ1n) is 11.0.